The third-order valence-corrected chi connectivity index (χ3v) is 3.84. The maximum absolute atomic E-state index is 12.3. The Morgan fingerprint density at radius 2 is 1.76 bits per heavy atom. The van der Waals surface area contributed by atoms with Crippen LogP contribution >= 0.6 is 0 Å². The van der Waals surface area contributed by atoms with Gasteiger partial charge in [-0.05, 0) is 43.4 Å². The van der Waals surface area contributed by atoms with Crippen LogP contribution < -0.4 is 19.5 Å². The number of benzene rings is 1. The van der Waals surface area contributed by atoms with E-state index >= 15 is 0 Å². The lowest BCUT2D eigenvalue weighted by atomic mass is 9.92. The molecule has 1 aromatic rings. The topological polar surface area (TPSA) is 80.6 Å². The molecule has 6 heteroatoms. The normalized spacial score (nSPS) is 12.9. The first-order chi connectivity index (χ1) is 11.8. The molecular formula is C19H28N2O4. The number of hydrogen-bond donors (Lipinski definition) is 1. The van der Waals surface area contributed by atoms with E-state index in [1.54, 1.807) is 28.3 Å². The molecule has 1 atom stereocenters. The summed E-state index contributed by atoms with van der Waals surface area (Å²) in [5.74, 6) is 1.79. The average molecular weight is 348 g/mol. The first-order valence-electron chi connectivity index (χ1n) is 8.29. The van der Waals surface area contributed by atoms with Crippen molar-refractivity contribution in [1.29, 1.82) is 5.26 Å². The molecule has 0 unspecified atom stereocenters. The van der Waals surface area contributed by atoms with Crippen LogP contribution in [0.3, 0.4) is 0 Å². The van der Waals surface area contributed by atoms with Gasteiger partial charge < -0.3 is 19.5 Å². The van der Waals surface area contributed by atoms with Gasteiger partial charge in [-0.15, -0.1) is 0 Å². The molecular weight excluding hydrogens is 320 g/mol. The van der Waals surface area contributed by atoms with Crippen molar-refractivity contribution in [3.8, 4) is 23.3 Å². The Morgan fingerprint density at radius 3 is 2.16 bits per heavy atom. The van der Waals surface area contributed by atoms with Gasteiger partial charge in [0.15, 0.2) is 11.5 Å². The summed E-state index contributed by atoms with van der Waals surface area (Å²) >= 11 is 0. The summed E-state index contributed by atoms with van der Waals surface area (Å²) in [5, 5.41) is 12.2. The Morgan fingerprint density at radius 1 is 1.20 bits per heavy atom. The molecule has 1 rings (SSSR count). The van der Waals surface area contributed by atoms with Crippen molar-refractivity contribution >= 4 is 5.91 Å². The van der Waals surface area contributed by atoms with Crippen LogP contribution in [0.25, 0.3) is 0 Å². The number of ether oxygens (including phenoxy) is 3. The molecule has 6 nitrogen and oxygen atoms in total. The van der Waals surface area contributed by atoms with Crippen LogP contribution in [-0.2, 0) is 11.2 Å². The molecule has 1 N–H and O–H groups in total. The fourth-order valence-corrected chi connectivity index (χ4v) is 2.85. The number of nitrogens with zero attached hydrogens (tertiary/aromatic N) is 1. The summed E-state index contributed by atoms with van der Waals surface area (Å²) in [6.07, 6.45) is 1.39. The van der Waals surface area contributed by atoms with Crippen LogP contribution in [0.1, 0.15) is 39.2 Å². The summed E-state index contributed by atoms with van der Waals surface area (Å²) in [4.78, 5) is 12.3. The van der Waals surface area contributed by atoms with Crippen molar-refractivity contribution < 1.29 is 19.0 Å². The SMILES string of the molecule is COc1cc(CCC(=O)N[C@@](C)(C#N)CC(C)C)cc(OC)c1OC. The molecule has 0 radical (unpaired) electrons. The number of amides is 1. The van der Waals surface area contributed by atoms with Crippen molar-refractivity contribution in [3.05, 3.63) is 17.7 Å². The fourth-order valence-electron chi connectivity index (χ4n) is 2.85. The Labute approximate surface area is 150 Å². The van der Waals surface area contributed by atoms with E-state index in [9.17, 15) is 10.1 Å². The third-order valence-electron chi connectivity index (χ3n) is 3.84. The number of hydrogen-bond acceptors (Lipinski definition) is 5. The second kappa shape index (κ2) is 9.16. The lowest BCUT2D eigenvalue weighted by Crippen LogP contribution is -2.45. The molecule has 0 saturated heterocycles. The molecule has 0 heterocycles. The predicted molar refractivity (Wildman–Crippen MR) is 96.0 cm³/mol. The van der Waals surface area contributed by atoms with Crippen LogP contribution in [-0.4, -0.2) is 32.8 Å². The van der Waals surface area contributed by atoms with Gasteiger partial charge in [-0.3, -0.25) is 4.79 Å². The van der Waals surface area contributed by atoms with Crippen molar-refractivity contribution in [2.75, 3.05) is 21.3 Å². The zero-order valence-corrected chi connectivity index (χ0v) is 15.9. The quantitative estimate of drug-likeness (QED) is 0.742. The van der Waals surface area contributed by atoms with Crippen molar-refractivity contribution in [1.82, 2.24) is 5.32 Å². The van der Waals surface area contributed by atoms with Crippen LogP contribution in [0.2, 0.25) is 0 Å². The maximum Gasteiger partial charge on any atom is 0.221 e. The monoisotopic (exact) mass is 348 g/mol. The highest BCUT2D eigenvalue weighted by Crippen LogP contribution is 2.38. The highest BCUT2D eigenvalue weighted by atomic mass is 16.5. The molecule has 1 amide bonds. The van der Waals surface area contributed by atoms with Gasteiger partial charge in [0.2, 0.25) is 11.7 Å². The molecule has 0 aliphatic heterocycles. The number of nitriles is 1. The van der Waals surface area contributed by atoms with E-state index in [1.165, 1.54) is 0 Å². The number of methoxy groups -OCH3 is 3. The van der Waals surface area contributed by atoms with E-state index in [0.29, 0.717) is 36.0 Å². The Bertz CT molecular complexity index is 612. The molecule has 0 spiro atoms. The first-order valence-corrected chi connectivity index (χ1v) is 8.29. The van der Waals surface area contributed by atoms with E-state index < -0.39 is 5.54 Å². The van der Waals surface area contributed by atoms with Crippen molar-refractivity contribution in [3.63, 3.8) is 0 Å². The van der Waals surface area contributed by atoms with Crippen molar-refractivity contribution in [2.24, 2.45) is 5.92 Å². The van der Waals surface area contributed by atoms with Gasteiger partial charge in [-0.2, -0.15) is 5.26 Å². The molecule has 0 aromatic heterocycles. The highest BCUT2D eigenvalue weighted by molar-refractivity contribution is 5.77. The standard InChI is InChI=1S/C19H28N2O4/c1-13(2)11-19(3,12-20)21-17(22)8-7-14-9-15(23-4)18(25-6)16(10-14)24-5/h9-10,13H,7-8,11H2,1-6H3,(H,21,22)/t19-/m1/s1. The highest BCUT2D eigenvalue weighted by Gasteiger charge is 2.27. The minimum absolute atomic E-state index is 0.154. The summed E-state index contributed by atoms with van der Waals surface area (Å²) in [6.45, 7) is 5.81. The van der Waals surface area contributed by atoms with E-state index in [2.05, 4.69) is 11.4 Å². The van der Waals surface area contributed by atoms with Gasteiger partial charge in [-0.25, -0.2) is 0 Å². The number of carbonyl (C=O) groups is 1. The van der Waals surface area contributed by atoms with Gasteiger partial charge in [0.25, 0.3) is 0 Å². The van der Waals surface area contributed by atoms with Gasteiger partial charge >= 0.3 is 0 Å². The molecule has 0 bridgehead atoms. The van der Waals surface area contributed by atoms with E-state index in [1.807, 2.05) is 26.0 Å². The van der Waals surface area contributed by atoms with Gasteiger partial charge in [0.05, 0.1) is 27.4 Å². The fraction of sp³-hybridized carbons (Fsp3) is 0.579. The van der Waals surface area contributed by atoms with E-state index in [0.717, 1.165) is 5.56 Å². The maximum atomic E-state index is 12.3. The van der Waals surface area contributed by atoms with E-state index in [4.69, 9.17) is 14.2 Å². The van der Waals surface area contributed by atoms with Crippen LogP contribution in [0, 0.1) is 17.2 Å². The number of carbonyl (C=O) groups excluding carboxylic acids is 1. The largest absolute Gasteiger partial charge is 0.493 e. The number of rotatable bonds is 9. The summed E-state index contributed by atoms with van der Waals surface area (Å²) in [6, 6.07) is 5.85. The molecule has 0 aliphatic rings. The van der Waals surface area contributed by atoms with Gasteiger partial charge in [0.1, 0.15) is 5.54 Å². The van der Waals surface area contributed by atoms with Crippen LogP contribution in [0.5, 0.6) is 17.2 Å². The molecule has 0 aliphatic carbocycles. The van der Waals surface area contributed by atoms with Crippen LogP contribution in [0.15, 0.2) is 12.1 Å². The Hall–Kier alpha value is -2.42. The van der Waals surface area contributed by atoms with Crippen LogP contribution in [0.4, 0.5) is 0 Å². The Kier molecular flexibility index (Phi) is 7.56. The molecule has 1 aromatic carbocycles. The number of nitrogens with one attached hydrogen (secondary N) is 1. The predicted octanol–water partition coefficient (Wildman–Crippen LogP) is 3.09. The molecule has 138 valence electrons. The lowest BCUT2D eigenvalue weighted by Gasteiger charge is -2.25. The van der Waals surface area contributed by atoms with Gasteiger partial charge in [0, 0.05) is 6.42 Å². The average Bonchev–Trinajstić information content (AvgIpc) is 2.57. The minimum atomic E-state index is -0.847. The Balaban J connectivity index is 2.81. The minimum Gasteiger partial charge on any atom is -0.493 e. The molecule has 25 heavy (non-hydrogen) atoms. The summed E-state index contributed by atoms with van der Waals surface area (Å²) in [5.41, 5.74) is 0.0488. The van der Waals surface area contributed by atoms with Gasteiger partial charge in [-0.1, -0.05) is 13.8 Å². The van der Waals surface area contributed by atoms with E-state index in [-0.39, 0.29) is 12.3 Å². The van der Waals surface area contributed by atoms with Crippen molar-refractivity contribution in [2.45, 2.75) is 45.6 Å². The summed E-state index contributed by atoms with van der Waals surface area (Å²) in [7, 11) is 4.65. The third kappa shape index (κ3) is 5.86. The molecule has 0 fully saturated rings. The smallest absolute Gasteiger partial charge is 0.221 e. The lowest BCUT2D eigenvalue weighted by molar-refractivity contribution is -0.122. The first kappa shape index (κ1) is 20.6. The second-order valence-electron chi connectivity index (χ2n) is 6.62. The second-order valence-corrected chi connectivity index (χ2v) is 6.62. The zero-order chi connectivity index (χ0) is 19.0. The molecule has 0 saturated carbocycles. The zero-order valence-electron chi connectivity index (χ0n) is 15.9. The number of aryl methyl sites for hydroxylation is 1. The summed E-state index contributed by atoms with van der Waals surface area (Å²) < 4.78 is 15.9.